The van der Waals surface area contributed by atoms with Crippen molar-refractivity contribution in [2.45, 2.75) is 13.3 Å². The van der Waals surface area contributed by atoms with Crippen LogP contribution in [0.5, 0.6) is 23.0 Å². The highest BCUT2D eigenvalue weighted by Crippen LogP contribution is 2.37. The fourth-order valence-corrected chi connectivity index (χ4v) is 3.59. The van der Waals surface area contributed by atoms with Crippen molar-refractivity contribution >= 4 is 28.2 Å². The lowest BCUT2D eigenvalue weighted by Gasteiger charge is -2.14. The molecule has 1 heterocycles. The largest absolute Gasteiger partial charge is 0.493 e. The van der Waals surface area contributed by atoms with Crippen LogP contribution < -0.4 is 25.1 Å². The second kappa shape index (κ2) is 10.7. The molecule has 9 heteroatoms. The number of rotatable bonds is 9. The molecule has 0 aliphatic carbocycles. The van der Waals surface area contributed by atoms with Gasteiger partial charge in [0.2, 0.25) is 0 Å². The number of hydrogen-bond donors (Lipinski definition) is 3. The summed E-state index contributed by atoms with van der Waals surface area (Å²) >= 11 is 0. The molecule has 36 heavy (non-hydrogen) atoms. The number of aryl methyl sites for hydroxylation is 1. The van der Waals surface area contributed by atoms with Crippen LogP contribution in [-0.2, 0) is 11.2 Å². The molecule has 0 aliphatic heterocycles. The van der Waals surface area contributed by atoms with E-state index in [4.69, 9.17) is 19.6 Å². The molecule has 3 aromatic carbocycles. The van der Waals surface area contributed by atoms with Gasteiger partial charge in [-0.05, 0) is 42.3 Å². The van der Waals surface area contributed by atoms with Gasteiger partial charge in [0.25, 0.3) is 5.91 Å². The summed E-state index contributed by atoms with van der Waals surface area (Å²) in [4.78, 5) is 16.7. The Kier molecular flexibility index (Phi) is 7.29. The van der Waals surface area contributed by atoms with E-state index < -0.39 is 11.7 Å². The van der Waals surface area contributed by atoms with Crippen LogP contribution in [0.4, 0.5) is 10.1 Å². The highest BCUT2D eigenvalue weighted by atomic mass is 19.1. The molecule has 3 N–H and O–H groups in total. The van der Waals surface area contributed by atoms with Gasteiger partial charge in [0.1, 0.15) is 11.5 Å². The minimum atomic E-state index is -0.648. The smallest absolute Gasteiger partial charge is 0.288 e. The number of hydrazine groups is 1. The van der Waals surface area contributed by atoms with Gasteiger partial charge in [-0.25, -0.2) is 4.39 Å². The van der Waals surface area contributed by atoms with Crippen LogP contribution in [-0.4, -0.2) is 30.8 Å². The zero-order valence-corrected chi connectivity index (χ0v) is 20.0. The number of nitrogens with one attached hydrogen (secondary N) is 3. The number of ether oxygens (including phenoxy) is 3. The summed E-state index contributed by atoms with van der Waals surface area (Å²) in [6.45, 7) is 2.00. The minimum Gasteiger partial charge on any atom is -0.493 e. The summed E-state index contributed by atoms with van der Waals surface area (Å²) in [7, 11) is 3.05. The van der Waals surface area contributed by atoms with E-state index in [0.717, 1.165) is 12.0 Å². The normalized spacial score (nSPS) is 10.6. The maximum atomic E-state index is 14.9. The number of fused-ring (bicyclic) bond motifs is 1. The lowest BCUT2D eigenvalue weighted by molar-refractivity contribution is -0.114. The second-order valence-electron chi connectivity index (χ2n) is 7.79. The van der Waals surface area contributed by atoms with Crippen molar-refractivity contribution in [1.82, 2.24) is 10.4 Å². The van der Waals surface area contributed by atoms with E-state index in [1.54, 1.807) is 48.7 Å². The molecule has 0 saturated carbocycles. The summed E-state index contributed by atoms with van der Waals surface area (Å²) in [6, 6.07) is 16.4. The molecule has 0 atom stereocenters. The van der Waals surface area contributed by atoms with E-state index in [0.29, 0.717) is 33.7 Å². The van der Waals surface area contributed by atoms with Crippen molar-refractivity contribution < 1.29 is 23.4 Å². The molecule has 0 aliphatic rings. The topological polar surface area (TPSA) is 106 Å². The number of aromatic nitrogens is 1. The third-order valence-electron chi connectivity index (χ3n) is 5.53. The van der Waals surface area contributed by atoms with Gasteiger partial charge in [-0.2, -0.15) is 0 Å². The Balaban J connectivity index is 1.47. The predicted molar refractivity (Wildman–Crippen MR) is 136 cm³/mol. The number of methoxy groups -OCH3 is 2. The van der Waals surface area contributed by atoms with Crippen molar-refractivity contribution in [2.75, 3.05) is 19.6 Å². The molecule has 184 valence electrons. The van der Waals surface area contributed by atoms with Gasteiger partial charge < -0.3 is 14.2 Å². The van der Waals surface area contributed by atoms with Gasteiger partial charge in [-0.3, -0.25) is 26.0 Å². The van der Waals surface area contributed by atoms with Gasteiger partial charge >= 0.3 is 0 Å². The summed E-state index contributed by atoms with van der Waals surface area (Å²) in [6.07, 6.45) is 2.35. The van der Waals surface area contributed by atoms with Gasteiger partial charge in [-0.15, -0.1) is 0 Å². The van der Waals surface area contributed by atoms with Gasteiger partial charge in [0.05, 0.1) is 25.4 Å². The van der Waals surface area contributed by atoms with Gasteiger partial charge in [0.15, 0.2) is 23.1 Å². The van der Waals surface area contributed by atoms with Crippen LogP contribution in [0.3, 0.4) is 0 Å². The number of hydrogen-bond acceptors (Lipinski definition) is 7. The fraction of sp³-hybridized carbons (Fsp3) is 0.148. The first-order chi connectivity index (χ1) is 17.4. The highest BCUT2D eigenvalue weighted by Gasteiger charge is 2.15. The number of amides is 1. The molecule has 4 rings (SSSR count). The molecule has 8 nitrogen and oxygen atoms in total. The zero-order chi connectivity index (χ0) is 25.7. The lowest BCUT2D eigenvalue weighted by Crippen LogP contribution is -2.35. The van der Waals surface area contributed by atoms with E-state index >= 15 is 0 Å². The van der Waals surface area contributed by atoms with Crippen molar-refractivity contribution in [1.29, 1.82) is 5.41 Å². The summed E-state index contributed by atoms with van der Waals surface area (Å²) in [5, 5.41) is 8.75. The van der Waals surface area contributed by atoms with E-state index in [9.17, 15) is 9.18 Å². The second-order valence-corrected chi connectivity index (χ2v) is 7.79. The maximum absolute atomic E-state index is 14.9. The third kappa shape index (κ3) is 5.20. The predicted octanol–water partition coefficient (Wildman–Crippen LogP) is 5.26. The van der Waals surface area contributed by atoms with Crippen LogP contribution in [0.25, 0.3) is 10.9 Å². The fourth-order valence-electron chi connectivity index (χ4n) is 3.59. The summed E-state index contributed by atoms with van der Waals surface area (Å²) < 4.78 is 31.3. The Labute approximate surface area is 207 Å². The SMILES string of the molecule is CCc1cccc(C(=N)C(=O)NNc2ccc(Oc3ccnc4cc(OC)c(OC)cc34)c(F)c2)c1. The third-order valence-corrected chi connectivity index (χ3v) is 5.53. The number of carbonyl (C=O) groups is 1. The molecular weight excluding hydrogens is 463 g/mol. The molecule has 0 unspecified atom stereocenters. The zero-order valence-electron chi connectivity index (χ0n) is 20.0. The van der Waals surface area contributed by atoms with Crippen LogP contribution in [0.2, 0.25) is 0 Å². The quantitative estimate of drug-likeness (QED) is 0.219. The summed E-state index contributed by atoms with van der Waals surface area (Å²) in [5.41, 5.74) is 7.27. The van der Waals surface area contributed by atoms with Crippen LogP contribution in [0.15, 0.2) is 66.9 Å². The van der Waals surface area contributed by atoms with Gasteiger partial charge in [-0.1, -0.05) is 25.1 Å². The van der Waals surface area contributed by atoms with Crippen LogP contribution >= 0.6 is 0 Å². The van der Waals surface area contributed by atoms with Crippen LogP contribution in [0, 0.1) is 11.2 Å². The molecular formula is C27H25FN4O4. The van der Waals surface area contributed by atoms with Crippen molar-refractivity contribution in [2.24, 2.45) is 0 Å². The first kappa shape index (κ1) is 24.5. The Hall–Kier alpha value is -4.66. The molecule has 4 aromatic rings. The van der Waals surface area contributed by atoms with Crippen molar-refractivity contribution in [3.63, 3.8) is 0 Å². The Morgan fingerprint density at radius 3 is 2.47 bits per heavy atom. The van der Waals surface area contributed by atoms with Crippen LogP contribution in [0.1, 0.15) is 18.1 Å². The maximum Gasteiger partial charge on any atom is 0.288 e. The van der Waals surface area contributed by atoms with E-state index in [1.165, 1.54) is 26.4 Å². The molecule has 0 saturated heterocycles. The summed E-state index contributed by atoms with van der Waals surface area (Å²) in [5.74, 6) is 0.0898. The number of anilines is 1. The minimum absolute atomic E-state index is 0.0155. The number of nitrogens with zero attached hydrogens (tertiary/aromatic N) is 1. The molecule has 0 spiro atoms. The first-order valence-corrected chi connectivity index (χ1v) is 11.2. The van der Waals surface area contributed by atoms with Gasteiger partial charge in [0, 0.05) is 29.3 Å². The van der Waals surface area contributed by atoms with E-state index in [2.05, 4.69) is 15.8 Å². The average Bonchev–Trinajstić information content (AvgIpc) is 2.91. The number of halogens is 1. The number of carbonyl (C=O) groups excluding carboxylic acids is 1. The molecule has 0 bridgehead atoms. The number of benzene rings is 3. The highest BCUT2D eigenvalue weighted by molar-refractivity contribution is 6.44. The molecule has 0 radical (unpaired) electrons. The first-order valence-electron chi connectivity index (χ1n) is 11.2. The Morgan fingerprint density at radius 2 is 1.75 bits per heavy atom. The van der Waals surface area contributed by atoms with Crippen molar-refractivity contribution in [3.05, 3.63) is 83.8 Å². The van der Waals surface area contributed by atoms with Crippen molar-refractivity contribution in [3.8, 4) is 23.0 Å². The number of pyridine rings is 1. The average molecular weight is 489 g/mol. The van der Waals surface area contributed by atoms with E-state index in [-0.39, 0.29) is 17.1 Å². The Bertz CT molecular complexity index is 1440. The van der Waals surface area contributed by atoms with E-state index in [1.807, 2.05) is 13.0 Å². The standard InChI is InChI=1S/C27H25FN4O4/c1-4-16-6-5-7-17(12-16)26(29)27(33)32-31-18-8-9-23(20(28)13-18)36-22-10-11-30-21-15-25(35-3)24(34-2)14-19(21)22/h5-15,29,31H,4H2,1-3H3,(H,32,33). The molecule has 0 fully saturated rings. The Morgan fingerprint density at radius 1 is 0.972 bits per heavy atom. The monoisotopic (exact) mass is 488 g/mol. The molecule has 1 aromatic heterocycles. The lowest BCUT2D eigenvalue weighted by atomic mass is 10.1. The molecule has 1 amide bonds.